The van der Waals surface area contributed by atoms with E-state index < -0.39 is 0 Å². The number of benzene rings is 2. The predicted octanol–water partition coefficient (Wildman–Crippen LogP) is 4.47. The SMILES string of the molecule is CN1CCC2(c3cccc(Cl)c3)Oc3ccccc3C2C1.Cl. The van der Waals surface area contributed by atoms with Crippen molar-refractivity contribution in [3.63, 3.8) is 0 Å². The molecule has 2 nitrogen and oxygen atoms in total. The lowest BCUT2D eigenvalue weighted by molar-refractivity contribution is 0.00703. The van der Waals surface area contributed by atoms with E-state index in [0.29, 0.717) is 5.92 Å². The fraction of sp³-hybridized carbons (Fsp3) is 0.333. The molecule has 116 valence electrons. The van der Waals surface area contributed by atoms with Crippen molar-refractivity contribution < 1.29 is 4.74 Å². The van der Waals surface area contributed by atoms with Gasteiger partial charge >= 0.3 is 0 Å². The van der Waals surface area contributed by atoms with Crippen molar-refractivity contribution in [2.75, 3.05) is 20.1 Å². The van der Waals surface area contributed by atoms with E-state index in [9.17, 15) is 0 Å². The van der Waals surface area contributed by atoms with Gasteiger partial charge in [-0.05, 0) is 30.8 Å². The molecule has 2 aliphatic rings. The molecular weight excluding hydrogens is 317 g/mol. The Morgan fingerprint density at radius 1 is 1.18 bits per heavy atom. The Balaban J connectivity index is 0.00000144. The Hall–Kier alpha value is -1.22. The molecule has 1 saturated heterocycles. The zero-order valence-corrected chi connectivity index (χ0v) is 14.0. The molecule has 0 radical (unpaired) electrons. The minimum Gasteiger partial charge on any atom is -0.482 e. The van der Waals surface area contributed by atoms with Crippen LogP contribution in [0.5, 0.6) is 5.75 Å². The highest BCUT2D eigenvalue weighted by molar-refractivity contribution is 6.30. The highest BCUT2D eigenvalue weighted by atomic mass is 35.5. The minimum absolute atomic E-state index is 0. The lowest BCUT2D eigenvalue weighted by atomic mass is 9.74. The average Bonchev–Trinajstić information content (AvgIpc) is 2.82. The van der Waals surface area contributed by atoms with Gasteiger partial charge in [-0.1, -0.05) is 41.9 Å². The van der Waals surface area contributed by atoms with Gasteiger partial charge in [0, 0.05) is 36.0 Å². The van der Waals surface area contributed by atoms with Crippen LogP contribution in [0.3, 0.4) is 0 Å². The van der Waals surface area contributed by atoms with Crippen LogP contribution in [0.15, 0.2) is 48.5 Å². The lowest BCUT2D eigenvalue weighted by Gasteiger charge is -2.42. The first kappa shape index (κ1) is 15.7. The maximum Gasteiger partial charge on any atom is 0.143 e. The number of likely N-dealkylation sites (tertiary alicyclic amines) is 1. The number of halogens is 2. The van der Waals surface area contributed by atoms with E-state index in [4.69, 9.17) is 16.3 Å². The van der Waals surface area contributed by atoms with Crippen LogP contribution in [0.2, 0.25) is 5.02 Å². The molecule has 4 heteroatoms. The zero-order valence-electron chi connectivity index (χ0n) is 12.5. The zero-order chi connectivity index (χ0) is 14.4. The topological polar surface area (TPSA) is 12.5 Å². The molecule has 2 unspecified atom stereocenters. The van der Waals surface area contributed by atoms with Crippen molar-refractivity contribution in [1.29, 1.82) is 0 Å². The van der Waals surface area contributed by atoms with Crippen molar-refractivity contribution >= 4 is 24.0 Å². The van der Waals surface area contributed by atoms with Gasteiger partial charge in [0.2, 0.25) is 0 Å². The van der Waals surface area contributed by atoms with Crippen LogP contribution in [0.4, 0.5) is 0 Å². The normalized spacial score (nSPS) is 26.5. The molecule has 2 aromatic rings. The molecule has 0 spiro atoms. The van der Waals surface area contributed by atoms with Crippen molar-refractivity contribution in [2.24, 2.45) is 0 Å². The number of piperidine rings is 1. The van der Waals surface area contributed by atoms with Crippen LogP contribution < -0.4 is 4.74 Å². The van der Waals surface area contributed by atoms with Crippen molar-refractivity contribution in [3.8, 4) is 5.75 Å². The van der Waals surface area contributed by atoms with Crippen LogP contribution in [-0.2, 0) is 5.60 Å². The molecule has 0 amide bonds. The summed E-state index contributed by atoms with van der Waals surface area (Å²) < 4.78 is 6.50. The van der Waals surface area contributed by atoms with Gasteiger partial charge < -0.3 is 9.64 Å². The van der Waals surface area contributed by atoms with Crippen LogP contribution in [0.25, 0.3) is 0 Å². The van der Waals surface area contributed by atoms with E-state index in [-0.39, 0.29) is 18.0 Å². The van der Waals surface area contributed by atoms with Crippen molar-refractivity contribution in [3.05, 3.63) is 64.7 Å². The number of rotatable bonds is 1. The summed E-state index contributed by atoms with van der Waals surface area (Å²) in [5, 5.41) is 0.777. The number of likely N-dealkylation sites (N-methyl/N-ethyl adjacent to an activating group) is 1. The summed E-state index contributed by atoms with van der Waals surface area (Å²) in [5.41, 5.74) is 2.26. The van der Waals surface area contributed by atoms with Crippen molar-refractivity contribution in [1.82, 2.24) is 4.90 Å². The van der Waals surface area contributed by atoms with E-state index in [1.54, 1.807) is 0 Å². The standard InChI is InChI=1S/C18H18ClNO.ClH/c1-20-10-9-18(13-5-4-6-14(19)11-13)16(12-20)15-7-2-3-8-17(15)21-18;/h2-8,11,16H,9-10,12H2,1H3;1H. The molecule has 0 bridgehead atoms. The Kier molecular flexibility index (Phi) is 4.11. The third-order valence-corrected chi connectivity index (χ3v) is 5.06. The molecule has 2 aromatic carbocycles. The Morgan fingerprint density at radius 3 is 2.82 bits per heavy atom. The van der Waals surface area contributed by atoms with Gasteiger partial charge in [-0.15, -0.1) is 12.4 Å². The maximum atomic E-state index is 6.50. The first-order chi connectivity index (χ1) is 10.2. The van der Waals surface area contributed by atoms with E-state index >= 15 is 0 Å². The molecular formula is C18H19Cl2NO. The third-order valence-electron chi connectivity index (χ3n) is 4.82. The van der Waals surface area contributed by atoms with E-state index in [1.165, 1.54) is 11.1 Å². The molecule has 2 heterocycles. The van der Waals surface area contributed by atoms with Crippen LogP contribution in [0.1, 0.15) is 23.5 Å². The number of hydrogen-bond acceptors (Lipinski definition) is 2. The van der Waals surface area contributed by atoms with Gasteiger partial charge in [0.15, 0.2) is 0 Å². The van der Waals surface area contributed by atoms with Gasteiger partial charge in [0.1, 0.15) is 11.4 Å². The quantitative estimate of drug-likeness (QED) is 0.762. The van der Waals surface area contributed by atoms with Crippen molar-refractivity contribution in [2.45, 2.75) is 17.9 Å². The number of para-hydroxylation sites is 1. The van der Waals surface area contributed by atoms with E-state index in [1.807, 2.05) is 18.2 Å². The summed E-state index contributed by atoms with van der Waals surface area (Å²) >= 11 is 6.23. The van der Waals surface area contributed by atoms with Crippen LogP contribution >= 0.6 is 24.0 Å². The fourth-order valence-corrected chi connectivity index (χ4v) is 3.96. The molecule has 0 aromatic heterocycles. The second kappa shape index (κ2) is 5.77. The smallest absolute Gasteiger partial charge is 0.143 e. The highest BCUT2D eigenvalue weighted by Gasteiger charge is 2.51. The summed E-state index contributed by atoms with van der Waals surface area (Å²) in [6.45, 7) is 2.06. The fourth-order valence-electron chi connectivity index (χ4n) is 3.77. The predicted molar refractivity (Wildman–Crippen MR) is 92.3 cm³/mol. The molecule has 0 saturated carbocycles. The second-order valence-corrected chi connectivity index (χ2v) is 6.54. The second-order valence-electron chi connectivity index (χ2n) is 6.10. The summed E-state index contributed by atoms with van der Waals surface area (Å²) in [5.74, 6) is 1.39. The van der Waals surface area contributed by atoms with Gasteiger partial charge in [-0.2, -0.15) is 0 Å². The Labute approximate surface area is 142 Å². The summed E-state index contributed by atoms with van der Waals surface area (Å²) in [6.07, 6.45) is 0.989. The molecule has 2 aliphatic heterocycles. The number of hydrogen-bond donors (Lipinski definition) is 0. The van der Waals surface area contributed by atoms with E-state index in [0.717, 1.165) is 30.3 Å². The van der Waals surface area contributed by atoms with Gasteiger partial charge in [0.25, 0.3) is 0 Å². The Morgan fingerprint density at radius 2 is 2.00 bits per heavy atom. The molecule has 22 heavy (non-hydrogen) atoms. The van der Waals surface area contributed by atoms with Gasteiger partial charge in [-0.25, -0.2) is 0 Å². The monoisotopic (exact) mass is 335 g/mol. The first-order valence-electron chi connectivity index (χ1n) is 7.41. The number of fused-ring (bicyclic) bond motifs is 3. The molecule has 0 aliphatic carbocycles. The summed E-state index contributed by atoms with van der Waals surface area (Å²) in [4.78, 5) is 2.39. The average molecular weight is 336 g/mol. The van der Waals surface area contributed by atoms with Gasteiger partial charge in [-0.3, -0.25) is 0 Å². The molecule has 1 fully saturated rings. The summed E-state index contributed by atoms with van der Waals surface area (Å²) in [6, 6.07) is 16.6. The summed E-state index contributed by atoms with van der Waals surface area (Å²) in [7, 11) is 2.18. The number of ether oxygens (including phenoxy) is 1. The largest absolute Gasteiger partial charge is 0.482 e. The van der Waals surface area contributed by atoms with Crippen LogP contribution in [-0.4, -0.2) is 25.0 Å². The van der Waals surface area contributed by atoms with Gasteiger partial charge in [0.05, 0.1) is 0 Å². The third kappa shape index (κ3) is 2.30. The molecule has 0 N–H and O–H groups in total. The number of nitrogens with zero attached hydrogens (tertiary/aromatic N) is 1. The minimum atomic E-state index is -0.263. The first-order valence-corrected chi connectivity index (χ1v) is 7.79. The highest BCUT2D eigenvalue weighted by Crippen LogP contribution is 2.54. The Bertz CT molecular complexity index is 690. The molecule has 2 atom stereocenters. The maximum absolute atomic E-state index is 6.50. The molecule has 4 rings (SSSR count). The lowest BCUT2D eigenvalue weighted by Crippen LogP contribution is -2.47. The van der Waals surface area contributed by atoms with E-state index in [2.05, 4.69) is 42.3 Å². The van der Waals surface area contributed by atoms with Crippen LogP contribution in [0, 0.1) is 0 Å².